The fraction of sp³-hybridized carbons (Fsp3) is 1.00. The van der Waals surface area contributed by atoms with Crippen LogP contribution in [-0.2, 0) is 14.6 Å². The van der Waals surface area contributed by atoms with Crippen molar-refractivity contribution < 1.29 is 47.8 Å². The van der Waals surface area contributed by atoms with Crippen LogP contribution in [-0.4, -0.2) is 85.8 Å². The molecule has 0 spiro atoms. The molecule has 4 rings (SSSR count). The Balaban J connectivity index is 1.55. The smallest absolute Gasteiger partial charge is 0.393 e. The maximum atomic E-state index is 12.4. The predicted molar refractivity (Wildman–Crippen MR) is 147 cm³/mol. The number of fused-ring (bicyclic) bond motifs is 5. The zero-order valence-electron chi connectivity index (χ0n) is 24.6. The van der Waals surface area contributed by atoms with Crippen LogP contribution < -0.4 is 0 Å². The van der Waals surface area contributed by atoms with Crippen molar-refractivity contribution in [3.05, 3.63) is 0 Å². The van der Waals surface area contributed by atoms with E-state index in [2.05, 4.69) is 11.1 Å². The molecular weight excluding hydrogens is 540 g/mol. The van der Waals surface area contributed by atoms with Gasteiger partial charge in [0, 0.05) is 24.2 Å². The highest BCUT2D eigenvalue weighted by Crippen LogP contribution is 2.70. The summed E-state index contributed by atoms with van der Waals surface area (Å²) in [6, 6.07) is 0. The molecule has 0 amide bonds. The summed E-state index contributed by atoms with van der Waals surface area (Å²) in [5.41, 5.74) is -4.47. The van der Waals surface area contributed by atoms with Crippen LogP contribution in [0.2, 0.25) is 0 Å². The molecule has 4 saturated carbocycles. The molecule has 0 aromatic carbocycles. The molecule has 234 valence electrons. The van der Waals surface area contributed by atoms with Crippen molar-refractivity contribution in [1.29, 1.82) is 0 Å². The Morgan fingerprint density at radius 2 is 1.55 bits per heavy atom. The highest BCUT2D eigenvalue weighted by Gasteiger charge is 2.75. The molecule has 0 aromatic heterocycles. The maximum absolute atomic E-state index is 12.4. The average Bonchev–Trinajstić information content (AvgIpc) is 3.02. The van der Waals surface area contributed by atoms with E-state index in [1.807, 2.05) is 27.7 Å². The lowest BCUT2D eigenvalue weighted by Crippen LogP contribution is -2.75. The van der Waals surface area contributed by atoms with E-state index in [1.54, 1.807) is 0 Å². The molecule has 0 saturated heterocycles. The van der Waals surface area contributed by atoms with E-state index in [0.717, 1.165) is 6.42 Å². The summed E-state index contributed by atoms with van der Waals surface area (Å²) in [7, 11) is -4.49. The van der Waals surface area contributed by atoms with Crippen molar-refractivity contribution in [2.75, 3.05) is 6.61 Å². The molecule has 0 radical (unpaired) electrons. The highest BCUT2D eigenvalue weighted by atomic mass is 32.3. The Kier molecular flexibility index (Phi) is 8.92. The van der Waals surface area contributed by atoms with Crippen LogP contribution in [0.5, 0.6) is 0 Å². The molecule has 0 bridgehead atoms. The zero-order chi connectivity index (χ0) is 30.1. The lowest BCUT2D eigenvalue weighted by atomic mass is 9.40. The van der Waals surface area contributed by atoms with Gasteiger partial charge in [-0.15, -0.1) is 0 Å². The Morgan fingerprint density at radius 3 is 2.15 bits per heavy atom. The van der Waals surface area contributed by atoms with Gasteiger partial charge in [0.25, 0.3) is 0 Å². The fourth-order valence-corrected chi connectivity index (χ4v) is 10.6. The number of hydrogen-bond donors (Lipinski definition) is 7. The van der Waals surface area contributed by atoms with Crippen LogP contribution in [0.1, 0.15) is 92.4 Å². The second kappa shape index (κ2) is 11.0. The van der Waals surface area contributed by atoms with Crippen LogP contribution in [0.3, 0.4) is 0 Å². The quantitative estimate of drug-likeness (QED) is 0.195. The van der Waals surface area contributed by atoms with Gasteiger partial charge in [-0.3, -0.25) is 4.55 Å². The Labute approximate surface area is 239 Å². The minimum absolute atomic E-state index is 0.0191. The SMILES string of the molecule is CC(C)C(CCOS(=O)(=O)O)CC[C@@H](C)[C@H]1[C@@H](O)[C@H](O)C2[C@]3(O)C[C@@H](O)[C@@]4(O)C[C@@H](O)CC[C@]4(C)C3CC[C@@]21C. The van der Waals surface area contributed by atoms with E-state index in [-0.39, 0.29) is 43.1 Å². The van der Waals surface area contributed by atoms with Gasteiger partial charge in [0.2, 0.25) is 0 Å². The third kappa shape index (κ3) is 5.19. The van der Waals surface area contributed by atoms with E-state index in [9.17, 15) is 39.1 Å². The number of hydrogen-bond acceptors (Lipinski definition) is 9. The summed E-state index contributed by atoms with van der Waals surface area (Å²) >= 11 is 0. The van der Waals surface area contributed by atoms with Gasteiger partial charge < -0.3 is 30.6 Å². The van der Waals surface area contributed by atoms with Gasteiger partial charge in [-0.1, -0.05) is 41.0 Å². The van der Waals surface area contributed by atoms with E-state index in [4.69, 9.17) is 4.55 Å². The summed E-state index contributed by atoms with van der Waals surface area (Å²) in [5, 5.41) is 68.7. The van der Waals surface area contributed by atoms with Crippen LogP contribution in [0.15, 0.2) is 0 Å². The van der Waals surface area contributed by atoms with Gasteiger partial charge in [0.15, 0.2) is 0 Å². The van der Waals surface area contributed by atoms with Crippen LogP contribution >= 0.6 is 0 Å². The van der Waals surface area contributed by atoms with Crippen molar-refractivity contribution in [2.24, 2.45) is 46.3 Å². The van der Waals surface area contributed by atoms with Gasteiger partial charge in [-0.2, -0.15) is 8.42 Å². The first-order chi connectivity index (χ1) is 18.3. The summed E-state index contributed by atoms with van der Waals surface area (Å²) < 4.78 is 35.3. The first-order valence-electron chi connectivity index (χ1n) is 15.1. The first-order valence-corrected chi connectivity index (χ1v) is 16.5. The van der Waals surface area contributed by atoms with Crippen LogP contribution in [0, 0.1) is 46.3 Å². The standard InChI is InChI=1S/C29H52O10S/c1-16(2)18(10-13-39-40(36,37)38)7-6-17(3)22-23(32)24(33)25-26(22,4)11-9-20-27(5)12-8-19(30)14-29(27,35)21(31)15-28(20,25)34/h16-25,30-35H,6-15H2,1-5H3,(H,36,37,38)/t17-,18?,19+,20?,21-,22+,23-,24+,25?,26-,27-,28+,29+/m1/s1. The molecule has 10 nitrogen and oxygen atoms in total. The van der Waals surface area contributed by atoms with E-state index >= 15 is 0 Å². The van der Waals surface area contributed by atoms with Gasteiger partial charge in [-0.25, -0.2) is 4.18 Å². The Bertz CT molecular complexity index is 1020. The van der Waals surface area contributed by atoms with E-state index in [0.29, 0.717) is 38.5 Å². The molecule has 40 heavy (non-hydrogen) atoms. The van der Waals surface area contributed by atoms with Gasteiger partial charge in [0.05, 0.1) is 42.2 Å². The molecule has 13 atom stereocenters. The topological polar surface area (TPSA) is 185 Å². The second-order valence-electron chi connectivity index (χ2n) is 14.6. The number of aliphatic hydroxyl groups excluding tert-OH is 4. The minimum atomic E-state index is -4.49. The first kappa shape index (κ1) is 32.5. The number of rotatable bonds is 9. The van der Waals surface area contributed by atoms with Gasteiger partial charge in [-0.05, 0) is 73.5 Å². The predicted octanol–water partition coefficient (Wildman–Crippen LogP) is 2.05. The fourth-order valence-electron chi connectivity index (χ4n) is 10.3. The highest BCUT2D eigenvalue weighted by molar-refractivity contribution is 7.80. The molecule has 0 aromatic rings. The Hall–Kier alpha value is -0.370. The molecule has 7 N–H and O–H groups in total. The van der Waals surface area contributed by atoms with E-state index < -0.39 is 68.7 Å². The van der Waals surface area contributed by atoms with Crippen molar-refractivity contribution in [3.63, 3.8) is 0 Å². The molecule has 0 heterocycles. The lowest BCUT2D eigenvalue weighted by molar-refractivity contribution is -0.315. The van der Waals surface area contributed by atoms with Crippen LogP contribution in [0.4, 0.5) is 0 Å². The van der Waals surface area contributed by atoms with Crippen molar-refractivity contribution in [3.8, 4) is 0 Å². The third-order valence-electron chi connectivity index (χ3n) is 12.3. The molecule has 3 unspecified atom stereocenters. The minimum Gasteiger partial charge on any atom is -0.393 e. The van der Waals surface area contributed by atoms with Gasteiger partial charge >= 0.3 is 10.4 Å². The normalized spacial score (nSPS) is 48.8. The molecule has 0 aliphatic heterocycles. The summed E-state index contributed by atoms with van der Waals surface area (Å²) in [6.45, 7) is 9.97. The molecule has 4 aliphatic carbocycles. The third-order valence-corrected chi connectivity index (χ3v) is 12.8. The molecule has 4 fully saturated rings. The van der Waals surface area contributed by atoms with Crippen molar-refractivity contribution in [2.45, 2.75) is 128 Å². The largest absolute Gasteiger partial charge is 0.397 e. The second-order valence-corrected chi connectivity index (χ2v) is 15.7. The van der Waals surface area contributed by atoms with E-state index in [1.165, 1.54) is 0 Å². The zero-order valence-corrected chi connectivity index (χ0v) is 25.4. The summed E-state index contributed by atoms with van der Waals surface area (Å²) in [4.78, 5) is 0. The summed E-state index contributed by atoms with van der Waals surface area (Å²) in [6.07, 6.45) is -0.249. The average molecular weight is 593 g/mol. The molecular formula is C29H52O10S. The van der Waals surface area contributed by atoms with Crippen molar-refractivity contribution in [1.82, 2.24) is 0 Å². The monoisotopic (exact) mass is 592 g/mol. The lowest BCUT2D eigenvalue weighted by Gasteiger charge is -2.68. The molecule has 4 aliphatic rings. The maximum Gasteiger partial charge on any atom is 0.397 e. The van der Waals surface area contributed by atoms with Crippen molar-refractivity contribution >= 4 is 10.4 Å². The van der Waals surface area contributed by atoms with Crippen LogP contribution in [0.25, 0.3) is 0 Å². The van der Waals surface area contributed by atoms with Gasteiger partial charge in [0.1, 0.15) is 0 Å². The molecule has 11 heteroatoms. The number of aliphatic hydroxyl groups is 6. The Morgan fingerprint density at radius 1 is 0.900 bits per heavy atom. The summed E-state index contributed by atoms with van der Waals surface area (Å²) in [5.74, 6) is -1.04.